The zero-order valence-corrected chi connectivity index (χ0v) is 10.4. The molecule has 0 atom stereocenters. The largest absolute Gasteiger partial charge is 0.493 e. The third kappa shape index (κ3) is 3.08. The van der Waals surface area contributed by atoms with Crippen LogP contribution in [0, 0.1) is 0 Å². The molecule has 0 aromatic heterocycles. The highest BCUT2D eigenvalue weighted by molar-refractivity contribution is 5.70. The molecule has 2 rings (SSSR count). The number of ether oxygens (including phenoxy) is 1. The molecule has 0 unspecified atom stereocenters. The molecule has 2 aromatic carbocycles. The van der Waals surface area contributed by atoms with E-state index in [0.717, 1.165) is 17.7 Å². The van der Waals surface area contributed by atoms with E-state index in [-0.39, 0.29) is 0 Å². The standard InChI is InChI=1S/C15H13F3O/c1-2-19-14-6-4-3-5-13(14)11-7-9-12(10-8-11)15(16,17)18/h3-10H,2H2,1H3. The molecular formula is C15H13F3O. The second-order valence-electron chi connectivity index (χ2n) is 4.00. The van der Waals surface area contributed by atoms with Crippen LogP contribution in [0.4, 0.5) is 13.2 Å². The van der Waals surface area contributed by atoms with Gasteiger partial charge in [0.1, 0.15) is 5.75 Å². The van der Waals surface area contributed by atoms with E-state index in [1.165, 1.54) is 12.1 Å². The molecule has 0 aliphatic rings. The van der Waals surface area contributed by atoms with Crippen molar-refractivity contribution in [2.45, 2.75) is 13.1 Å². The summed E-state index contributed by atoms with van der Waals surface area (Å²) in [4.78, 5) is 0. The number of alkyl halides is 3. The van der Waals surface area contributed by atoms with Gasteiger partial charge in [0.2, 0.25) is 0 Å². The number of halogens is 3. The third-order valence-corrected chi connectivity index (χ3v) is 2.71. The van der Waals surface area contributed by atoms with Crippen molar-refractivity contribution in [1.29, 1.82) is 0 Å². The van der Waals surface area contributed by atoms with Crippen molar-refractivity contribution >= 4 is 0 Å². The molecule has 0 N–H and O–H groups in total. The summed E-state index contributed by atoms with van der Waals surface area (Å²) in [5.74, 6) is 0.671. The molecule has 0 aliphatic heterocycles. The van der Waals surface area contributed by atoms with E-state index < -0.39 is 11.7 Å². The Labute approximate surface area is 109 Å². The topological polar surface area (TPSA) is 9.23 Å². The average Bonchev–Trinajstić information content (AvgIpc) is 2.39. The predicted molar refractivity (Wildman–Crippen MR) is 68.0 cm³/mol. The summed E-state index contributed by atoms with van der Waals surface area (Å²) in [5.41, 5.74) is 0.847. The minimum Gasteiger partial charge on any atom is -0.493 e. The van der Waals surface area contributed by atoms with E-state index in [0.29, 0.717) is 17.9 Å². The number of hydrogen-bond donors (Lipinski definition) is 0. The van der Waals surface area contributed by atoms with Crippen LogP contribution in [0.2, 0.25) is 0 Å². The number of hydrogen-bond acceptors (Lipinski definition) is 1. The summed E-state index contributed by atoms with van der Waals surface area (Å²) < 4.78 is 43.0. The van der Waals surface area contributed by atoms with Gasteiger partial charge in [0.25, 0.3) is 0 Å². The Morgan fingerprint density at radius 1 is 0.947 bits per heavy atom. The van der Waals surface area contributed by atoms with Gasteiger partial charge in [-0.3, -0.25) is 0 Å². The van der Waals surface area contributed by atoms with Gasteiger partial charge in [0.15, 0.2) is 0 Å². The van der Waals surface area contributed by atoms with Crippen LogP contribution in [0.25, 0.3) is 11.1 Å². The molecule has 0 aliphatic carbocycles. The van der Waals surface area contributed by atoms with Crippen molar-refractivity contribution in [2.75, 3.05) is 6.61 Å². The maximum atomic E-state index is 12.5. The van der Waals surface area contributed by atoms with Crippen LogP contribution in [0.1, 0.15) is 12.5 Å². The Balaban J connectivity index is 2.37. The highest BCUT2D eigenvalue weighted by atomic mass is 19.4. The minimum absolute atomic E-state index is 0.512. The second kappa shape index (κ2) is 5.34. The molecule has 0 bridgehead atoms. The van der Waals surface area contributed by atoms with Gasteiger partial charge in [0.05, 0.1) is 12.2 Å². The molecule has 0 spiro atoms. The fraction of sp³-hybridized carbons (Fsp3) is 0.200. The van der Waals surface area contributed by atoms with Gasteiger partial charge in [-0.25, -0.2) is 0 Å². The molecule has 0 saturated heterocycles. The normalized spacial score (nSPS) is 11.4. The van der Waals surface area contributed by atoms with Gasteiger partial charge in [0, 0.05) is 5.56 Å². The van der Waals surface area contributed by atoms with Crippen LogP contribution in [0.3, 0.4) is 0 Å². The lowest BCUT2D eigenvalue weighted by atomic mass is 10.0. The van der Waals surface area contributed by atoms with Crippen molar-refractivity contribution in [3.63, 3.8) is 0 Å². The number of benzene rings is 2. The summed E-state index contributed by atoms with van der Waals surface area (Å²) in [5, 5.41) is 0. The Morgan fingerprint density at radius 3 is 2.16 bits per heavy atom. The van der Waals surface area contributed by atoms with Crippen LogP contribution in [0.15, 0.2) is 48.5 Å². The van der Waals surface area contributed by atoms with Crippen molar-refractivity contribution < 1.29 is 17.9 Å². The van der Waals surface area contributed by atoms with Crippen molar-refractivity contribution in [2.24, 2.45) is 0 Å². The SMILES string of the molecule is CCOc1ccccc1-c1ccc(C(F)(F)F)cc1. The molecule has 19 heavy (non-hydrogen) atoms. The van der Waals surface area contributed by atoms with E-state index in [9.17, 15) is 13.2 Å². The monoisotopic (exact) mass is 266 g/mol. The summed E-state index contributed by atoms with van der Waals surface area (Å²) in [7, 11) is 0. The quantitative estimate of drug-likeness (QED) is 0.777. The Bertz CT molecular complexity index is 544. The molecule has 100 valence electrons. The second-order valence-corrected chi connectivity index (χ2v) is 4.00. The predicted octanol–water partition coefficient (Wildman–Crippen LogP) is 4.77. The molecule has 0 radical (unpaired) electrons. The lowest BCUT2D eigenvalue weighted by Gasteiger charge is -2.11. The Morgan fingerprint density at radius 2 is 1.58 bits per heavy atom. The zero-order chi connectivity index (χ0) is 13.9. The van der Waals surface area contributed by atoms with Crippen molar-refractivity contribution in [1.82, 2.24) is 0 Å². The smallest absolute Gasteiger partial charge is 0.416 e. The van der Waals surface area contributed by atoms with Gasteiger partial charge >= 0.3 is 6.18 Å². The summed E-state index contributed by atoms with van der Waals surface area (Å²) in [6.07, 6.45) is -4.31. The van der Waals surface area contributed by atoms with Gasteiger partial charge < -0.3 is 4.74 Å². The molecule has 4 heteroatoms. The van der Waals surface area contributed by atoms with E-state index in [1.807, 2.05) is 25.1 Å². The van der Waals surface area contributed by atoms with E-state index >= 15 is 0 Å². The first-order chi connectivity index (χ1) is 9.02. The van der Waals surface area contributed by atoms with Crippen molar-refractivity contribution in [3.8, 4) is 16.9 Å². The van der Waals surface area contributed by atoms with Crippen LogP contribution in [-0.2, 0) is 6.18 Å². The first-order valence-electron chi connectivity index (χ1n) is 5.92. The van der Waals surface area contributed by atoms with Crippen LogP contribution in [0.5, 0.6) is 5.75 Å². The van der Waals surface area contributed by atoms with E-state index in [1.54, 1.807) is 6.07 Å². The minimum atomic E-state index is -4.31. The van der Waals surface area contributed by atoms with Crippen LogP contribution < -0.4 is 4.74 Å². The Hall–Kier alpha value is -1.97. The van der Waals surface area contributed by atoms with Gasteiger partial charge in [-0.15, -0.1) is 0 Å². The maximum Gasteiger partial charge on any atom is 0.416 e. The maximum absolute atomic E-state index is 12.5. The van der Waals surface area contributed by atoms with Gasteiger partial charge in [-0.2, -0.15) is 13.2 Å². The van der Waals surface area contributed by atoms with E-state index in [4.69, 9.17) is 4.74 Å². The first-order valence-corrected chi connectivity index (χ1v) is 5.92. The lowest BCUT2D eigenvalue weighted by molar-refractivity contribution is -0.137. The van der Waals surface area contributed by atoms with Crippen LogP contribution in [-0.4, -0.2) is 6.61 Å². The molecular weight excluding hydrogens is 253 g/mol. The summed E-state index contributed by atoms with van der Waals surface area (Å²) in [6, 6.07) is 12.4. The van der Waals surface area contributed by atoms with Gasteiger partial charge in [-0.05, 0) is 30.7 Å². The fourth-order valence-corrected chi connectivity index (χ4v) is 1.83. The van der Waals surface area contributed by atoms with Crippen LogP contribution >= 0.6 is 0 Å². The average molecular weight is 266 g/mol. The number of para-hydroxylation sites is 1. The highest BCUT2D eigenvalue weighted by Crippen LogP contribution is 2.33. The summed E-state index contributed by atoms with van der Waals surface area (Å²) >= 11 is 0. The molecule has 0 amide bonds. The highest BCUT2D eigenvalue weighted by Gasteiger charge is 2.30. The lowest BCUT2D eigenvalue weighted by Crippen LogP contribution is -2.04. The Kier molecular flexibility index (Phi) is 3.79. The zero-order valence-electron chi connectivity index (χ0n) is 10.4. The third-order valence-electron chi connectivity index (χ3n) is 2.71. The summed E-state index contributed by atoms with van der Waals surface area (Å²) in [6.45, 7) is 2.38. The fourth-order valence-electron chi connectivity index (χ4n) is 1.83. The molecule has 2 aromatic rings. The van der Waals surface area contributed by atoms with E-state index in [2.05, 4.69) is 0 Å². The molecule has 1 nitrogen and oxygen atoms in total. The molecule has 0 saturated carbocycles. The first kappa shape index (κ1) is 13.5. The van der Waals surface area contributed by atoms with Gasteiger partial charge in [-0.1, -0.05) is 30.3 Å². The molecule has 0 fully saturated rings. The van der Waals surface area contributed by atoms with Crippen molar-refractivity contribution in [3.05, 3.63) is 54.1 Å². The molecule has 0 heterocycles. The number of rotatable bonds is 3.